The van der Waals surface area contributed by atoms with Crippen LogP contribution in [-0.4, -0.2) is 61.3 Å². The molecule has 0 unspecified atom stereocenters. The standard InChI is InChI=1S/C23H36N2O4/c1-15-20(29-4)14-25-21(15)19(27)13-23(16(2)26)12-17(23)10-8-6-5-7-9-11-18(24-3)22(25)28/h8,10,15,17-18,20-21,24H,5-7,9,11-14H2,1-4H3/b10-8-/t15-,17-,18+,20+,21+,23+/m1/s1. The number of nitrogens with one attached hydrogen (secondary N) is 1. The zero-order chi connectivity index (χ0) is 21.2. The van der Waals surface area contributed by atoms with E-state index in [-0.39, 0.29) is 47.9 Å². The lowest BCUT2D eigenvalue weighted by Crippen LogP contribution is -2.51. The van der Waals surface area contributed by atoms with Gasteiger partial charge in [0.25, 0.3) is 0 Å². The fourth-order valence-electron chi connectivity index (χ4n) is 5.32. The Morgan fingerprint density at radius 2 is 2.03 bits per heavy atom. The molecule has 1 N–H and O–H groups in total. The van der Waals surface area contributed by atoms with Crippen LogP contribution in [0.2, 0.25) is 0 Å². The van der Waals surface area contributed by atoms with Crippen LogP contribution in [-0.2, 0) is 19.1 Å². The van der Waals surface area contributed by atoms with Crippen LogP contribution in [0.25, 0.3) is 0 Å². The number of rotatable bonds is 3. The van der Waals surface area contributed by atoms with Crippen LogP contribution in [0.5, 0.6) is 0 Å². The summed E-state index contributed by atoms with van der Waals surface area (Å²) in [4.78, 5) is 41.0. The molecule has 2 aliphatic heterocycles. The molecule has 3 aliphatic rings. The Balaban J connectivity index is 1.90. The Kier molecular flexibility index (Phi) is 6.94. The lowest BCUT2D eigenvalue weighted by molar-refractivity contribution is -0.141. The quantitative estimate of drug-likeness (QED) is 0.732. The zero-order valence-corrected chi connectivity index (χ0v) is 18.3. The average molecular weight is 405 g/mol. The molecule has 1 amide bonds. The molecule has 6 heteroatoms. The summed E-state index contributed by atoms with van der Waals surface area (Å²) in [5, 5.41) is 3.15. The van der Waals surface area contributed by atoms with Gasteiger partial charge in [-0.2, -0.15) is 0 Å². The molecule has 0 bridgehead atoms. The zero-order valence-electron chi connectivity index (χ0n) is 18.3. The minimum atomic E-state index is -0.574. The van der Waals surface area contributed by atoms with Crippen molar-refractivity contribution in [2.45, 2.75) is 77.0 Å². The van der Waals surface area contributed by atoms with Gasteiger partial charge >= 0.3 is 0 Å². The number of ether oxygens (including phenoxy) is 1. The van der Waals surface area contributed by atoms with Gasteiger partial charge in [-0.05, 0) is 45.6 Å². The Morgan fingerprint density at radius 3 is 2.69 bits per heavy atom. The smallest absolute Gasteiger partial charge is 0.240 e. The van der Waals surface area contributed by atoms with E-state index >= 15 is 0 Å². The van der Waals surface area contributed by atoms with Crippen LogP contribution in [0.1, 0.15) is 58.8 Å². The van der Waals surface area contributed by atoms with Crippen molar-refractivity contribution >= 4 is 17.5 Å². The largest absolute Gasteiger partial charge is 0.379 e. The number of methoxy groups -OCH3 is 1. The van der Waals surface area contributed by atoms with Crippen molar-refractivity contribution in [2.24, 2.45) is 17.3 Å². The summed E-state index contributed by atoms with van der Waals surface area (Å²) in [5.41, 5.74) is -0.574. The van der Waals surface area contributed by atoms with E-state index < -0.39 is 11.5 Å². The van der Waals surface area contributed by atoms with Gasteiger partial charge in [-0.25, -0.2) is 0 Å². The predicted molar refractivity (Wildman–Crippen MR) is 111 cm³/mol. The molecule has 6 nitrogen and oxygen atoms in total. The van der Waals surface area contributed by atoms with Crippen molar-refractivity contribution in [2.75, 3.05) is 20.7 Å². The highest BCUT2D eigenvalue weighted by Gasteiger charge is 2.59. The molecular formula is C23H36N2O4. The van der Waals surface area contributed by atoms with Crippen LogP contribution in [0, 0.1) is 17.3 Å². The average Bonchev–Trinajstić information content (AvgIpc) is 3.28. The van der Waals surface area contributed by atoms with E-state index in [9.17, 15) is 14.4 Å². The molecule has 29 heavy (non-hydrogen) atoms. The molecule has 1 aliphatic carbocycles. The number of fused-ring (bicyclic) bond motifs is 2. The van der Waals surface area contributed by atoms with Crippen LogP contribution in [0.4, 0.5) is 0 Å². The Hall–Kier alpha value is -1.53. The van der Waals surface area contributed by atoms with Crippen molar-refractivity contribution in [1.29, 1.82) is 0 Å². The summed E-state index contributed by atoms with van der Waals surface area (Å²) in [7, 11) is 3.44. The van der Waals surface area contributed by atoms with Crippen molar-refractivity contribution < 1.29 is 19.1 Å². The van der Waals surface area contributed by atoms with Crippen LogP contribution in [0.15, 0.2) is 12.2 Å². The van der Waals surface area contributed by atoms with Crippen molar-refractivity contribution in [3.05, 3.63) is 12.2 Å². The van der Waals surface area contributed by atoms with Crippen molar-refractivity contribution in [3.63, 3.8) is 0 Å². The van der Waals surface area contributed by atoms with E-state index in [0.29, 0.717) is 6.54 Å². The lowest BCUT2D eigenvalue weighted by Gasteiger charge is -2.30. The topological polar surface area (TPSA) is 75.7 Å². The van der Waals surface area contributed by atoms with Crippen LogP contribution >= 0.6 is 0 Å². The molecule has 6 atom stereocenters. The van der Waals surface area contributed by atoms with E-state index in [2.05, 4.69) is 17.5 Å². The molecule has 2 fully saturated rings. The summed E-state index contributed by atoms with van der Waals surface area (Å²) in [6, 6.07) is -0.806. The highest BCUT2D eigenvalue weighted by Crippen LogP contribution is 2.57. The maximum atomic E-state index is 13.4. The van der Waals surface area contributed by atoms with Gasteiger partial charge < -0.3 is 15.0 Å². The molecular weight excluding hydrogens is 368 g/mol. The van der Waals surface area contributed by atoms with E-state index in [0.717, 1.165) is 38.5 Å². The lowest BCUT2D eigenvalue weighted by atomic mass is 9.86. The number of allylic oxidation sites excluding steroid dienone is 2. The second-order valence-electron chi connectivity index (χ2n) is 9.14. The number of carbonyl (C=O) groups excluding carboxylic acids is 3. The van der Waals surface area contributed by atoms with Gasteiger partial charge in [0.15, 0.2) is 5.78 Å². The van der Waals surface area contributed by atoms with Crippen LogP contribution < -0.4 is 5.32 Å². The summed E-state index contributed by atoms with van der Waals surface area (Å²) in [6.07, 6.45) is 9.99. The van der Waals surface area contributed by atoms with Gasteiger partial charge in [0, 0.05) is 31.4 Å². The highest BCUT2D eigenvalue weighted by molar-refractivity contribution is 5.97. The summed E-state index contributed by atoms with van der Waals surface area (Å²) < 4.78 is 5.60. The molecule has 1 saturated heterocycles. The fourth-order valence-corrected chi connectivity index (χ4v) is 5.32. The molecule has 0 aromatic rings. The van der Waals surface area contributed by atoms with Crippen molar-refractivity contribution in [1.82, 2.24) is 10.2 Å². The van der Waals surface area contributed by atoms with E-state index in [1.165, 1.54) is 0 Å². The Morgan fingerprint density at radius 1 is 1.28 bits per heavy atom. The normalized spacial score (nSPS) is 39.9. The fraction of sp³-hybridized carbons (Fsp3) is 0.783. The number of carbonyl (C=O) groups is 3. The third-order valence-electron chi connectivity index (χ3n) is 7.42. The first-order chi connectivity index (χ1) is 13.9. The number of Topliss-reactive ketones (excluding diaryl/α,β-unsaturated/α-hetero) is 2. The second-order valence-corrected chi connectivity index (χ2v) is 9.14. The Labute approximate surface area is 174 Å². The predicted octanol–water partition coefficient (Wildman–Crippen LogP) is 2.51. The number of nitrogens with zero attached hydrogens (tertiary/aromatic N) is 1. The van der Waals surface area contributed by atoms with Gasteiger partial charge in [-0.1, -0.05) is 31.9 Å². The summed E-state index contributed by atoms with van der Waals surface area (Å²) in [6.45, 7) is 4.02. The van der Waals surface area contributed by atoms with Gasteiger partial charge in [0.2, 0.25) is 5.91 Å². The number of hydrogen-bond donors (Lipinski definition) is 1. The molecule has 3 rings (SSSR count). The summed E-state index contributed by atoms with van der Waals surface area (Å²) in [5.74, 6) is 0.139. The monoisotopic (exact) mass is 404 g/mol. The van der Waals surface area contributed by atoms with Crippen molar-refractivity contribution in [3.8, 4) is 0 Å². The van der Waals surface area contributed by atoms with E-state index in [1.807, 2.05) is 14.0 Å². The third-order valence-corrected chi connectivity index (χ3v) is 7.42. The highest BCUT2D eigenvalue weighted by atomic mass is 16.5. The molecule has 0 aromatic heterocycles. The minimum absolute atomic E-state index is 0.00113. The molecule has 162 valence electrons. The van der Waals surface area contributed by atoms with Gasteiger partial charge in [-0.15, -0.1) is 0 Å². The Bertz CT molecular complexity index is 676. The molecule has 1 saturated carbocycles. The molecule has 0 spiro atoms. The number of hydrogen-bond acceptors (Lipinski definition) is 5. The molecule has 0 radical (unpaired) electrons. The van der Waals surface area contributed by atoms with E-state index in [1.54, 1.807) is 18.9 Å². The van der Waals surface area contributed by atoms with Gasteiger partial charge in [0.1, 0.15) is 5.78 Å². The van der Waals surface area contributed by atoms with E-state index in [4.69, 9.17) is 4.74 Å². The molecule has 2 heterocycles. The maximum absolute atomic E-state index is 13.4. The first kappa shape index (κ1) is 22.2. The first-order valence-electron chi connectivity index (χ1n) is 11.1. The van der Waals surface area contributed by atoms with Gasteiger partial charge in [-0.3, -0.25) is 14.4 Å². The number of ketones is 2. The third kappa shape index (κ3) is 4.33. The SMILES string of the molecule is CN[C@H]1CCCCC/C=C\[C@@H]2C[C@@]2(C(C)=O)CC(=O)[C@@H]2[C@H](C)[C@@H](OC)CN2C1=O. The summed E-state index contributed by atoms with van der Waals surface area (Å²) >= 11 is 0. The minimum Gasteiger partial charge on any atom is -0.379 e. The van der Waals surface area contributed by atoms with Crippen LogP contribution in [0.3, 0.4) is 0 Å². The first-order valence-corrected chi connectivity index (χ1v) is 11.1. The number of amides is 1. The number of likely N-dealkylation sites (N-methyl/N-ethyl adjacent to an activating group) is 1. The maximum Gasteiger partial charge on any atom is 0.240 e. The van der Waals surface area contributed by atoms with Gasteiger partial charge in [0.05, 0.1) is 18.2 Å². The second kappa shape index (κ2) is 9.09. The molecule has 0 aromatic carbocycles.